The lowest BCUT2D eigenvalue weighted by molar-refractivity contribution is -0.161. The molecule has 0 fully saturated rings. The van der Waals surface area contributed by atoms with Crippen LogP contribution in [-0.4, -0.2) is 96.7 Å². The molecule has 0 spiro atoms. The van der Waals surface area contributed by atoms with Crippen LogP contribution in [-0.2, 0) is 65.4 Å². The zero-order valence-corrected chi connectivity index (χ0v) is 51.0. The third-order valence-corrected chi connectivity index (χ3v) is 15.1. The number of phosphoric acid groups is 2. The van der Waals surface area contributed by atoms with E-state index in [2.05, 4.69) is 41.5 Å². The van der Waals surface area contributed by atoms with Gasteiger partial charge in [-0.15, -0.1) is 0 Å². The van der Waals surface area contributed by atoms with E-state index in [9.17, 15) is 43.2 Å². The van der Waals surface area contributed by atoms with E-state index < -0.39 is 97.5 Å². The maximum absolute atomic E-state index is 12.9. The monoisotopic (exact) mass is 1140 g/mol. The van der Waals surface area contributed by atoms with Crippen LogP contribution < -0.4 is 0 Å². The minimum absolute atomic E-state index is 0.102. The normalized spacial score (nSPS) is 14.5. The van der Waals surface area contributed by atoms with Crippen molar-refractivity contribution in [3.05, 3.63) is 0 Å². The molecule has 456 valence electrons. The van der Waals surface area contributed by atoms with E-state index in [0.29, 0.717) is 37.5 Å². The summed E-state index contributed by atoms with van der Waals surface area (Å²) in [7, 11) is -9.87. The second kappa shape index (κ2) is 51.0. The molecule has 0 aliphatic rings. The summed E-state index contributed by atoms with van der Waals surface area (Å²) in [5.41, 5.74) is 0. The molecule has 0 bridgehead atoms. The van der Waals surface area contributed by atoms with Crippen molar-refractivity contribution < 1.29 is 80.2 Å². The number of unbranched alkanes of at least 4 members (excludes halogenated alkanes) is 27. The summed E-state index contributed by atoms with van der Waals surface area (Å²) in [5.74, 6) is -0.748. The summed E-state index contributed by atoms with van der Waals surface area (Å²) in [6, 6.07) is 0. The van der Waals surface area contributed by atoms with Gasteiger partial charge in [-0.2, -0.15) is 0 Å². The highest BCUT2D eigenvalue weighted by atomic mass is 31.2. The number of carbonyl (C=O) groups excluding carboxylic acids is 4. The minimum Gasteiger partial charge on any atom is -0.462 e. The van der Waals surface area contributed by atoms with Crippen molar-refractivity contribution in [2.24, 2.45) is 11.8 Å². The molecule has 0 radical (unpaired) electrons. The van der Waals surface area contributed by atoms with Crippen LogP contribution >= 0.6 is 15.6 Å². The van der Waals surface area contributed by atoms with Crippen LogP contribution in [0.2, 0.25) is 0 Å². The van der Waals surface area contributed by atoms with Gasteiger partial charge in [-0.05, 0) is 37.5 Å². The molecule has 0 aromatic rings. The summed E-state index contributed by atoms with van der Waals surface area (Å²) in [6.07, 6.45) is 30.9. The molecule has 0 aliphatic heterocycles. The summed E-state index contributed by atoms with van der Waals surface area (Å²) < 4.78 is 67.6. The van der Waals surface area contributed by atoms with E-state index in [1.807, 2.05) is 0 Å². The Kier molecular flexibility index (Phi) is 49.7. The van der Waals surface area contributed by atoms with Gasteiger partial charge in [-0.25, -0.2) is 9.13 Å². The average molecular weight is 1140 g/mol. The molecule has 19 heteroatoms. The van der Waals surface area contributed by atoms with Crippen molar-refractivity contribution >= 4 is 39.5 Å². The molecule has 0 aromatic carbocycles. The van der Waals surface area contributed by atoms with Crippen molar-refractivity contribution in [2.75, 3.05) is 39.6 Å². The number of carbonyl (C=O) groups is 4. The number of ether oxygens (including phenoxy) is 4. The lowest BCUT2D eigenvalue weighted by atomic mass is 10.0. The Morgan fingerprint density at radius 1 is 0.351 bits per heavy atom. The van der Waals surface area contributed by atoms with Crippen LogP contribution in [0.3, 0.4) is 0 Å². The molecule has 0 aromatic heterocycles. The number of esters is 4. The molecule has 0 aliphatic carbocycles. The van der Waals surface area contributed by atoms with Crippen LogP contribution in [0.15, 0.2) is 0 Å². The van der Waals surface area contributed by atoms with Gasteiger partial charge >= 0.3 is 39.5 Å². The van der Waals surface area contributed by atoms with Gasteiger partial charge in [0.05, 0.1) is 26.4 Å². The Labute approximate surface area is 467 Å². The molecular formula is C58H112O17P2. The van der Waals surface area contributed by atoms with Gasteiger partial charge in [0.15, 0.2) is 12.2 Å². The Hall–Kier alpha value is -1.94. The van der Waals surface area contributed by atoms with Gasteiger partial charge in [-0.1, -0.05) is 228 Å². The highest BCUT2D eigenvalue weighted by molar-refractivity contribution is 7.47. The largest absolute Gasteiger partial charge is 0.472 e. The molecule has 0 saturated carbocycles. The van der Waals surface area contributed by atoms with Gasteiger partial charge in [-0.3, -0.25) is 37.3 Å². The first-order valence-corrected chi connectivity index (χ1v) is 33.5. The Morgan fingerprint density at radius 3 is 0.883 bits per heavy atom. The highest BCUT2D eigenvalue weighted by Crippen LogP contribution is 2.45. The van der Waals surface area contributed by atoms with E-state index in [1.165, 1.54) is 83.5 Å². The number of phosphoric ester groups is 2. The van der Waals surface area contributed by atoms with Gasteiger partial charge in [0.1, 0.15) is 19.3 Å². The zero-order valence-electron chi connectivity index (χ0n) is 49.2. The fraction of sp³-hybridized carbons (Fsp3) is 0.931. The maximum atomic E-state index is 12.9. The van der Waals surface area contributed by atoms with Gasteiger partial charge in [0, 0.05) is 25.7 Å². The SMILES string of the molecule is CCCCCCCCCCCC(=O)O[C@H](COC(=O)CCCCCCCCCC)COP(=O)(O)OC[C@H](O)COP(=O)(O)OC[C@@H](COC(=O)CCCCCCCCCC(C)C)OC(=O)CCCCCCCCCC(C)C. The van der Waals surface area contributed by atoms with Crippen LogP contribution in [0.1, 0.15) is 279 Å². The molecule has 3 N–H and O–H groups in total. The Balaban J connectivity index is 5.22. The summed E-state index contributed by atoms with van der Waals surface area (Å²) in [4.78, 5) is 71.8. The lowest BCUT2D eigenvalue weighted by Gasteiger charge is -2.21. The zero-order chi connectivity index (χ0) is 57.3. The van der Waals surface area contributed by atoms with Crippen molar-refractivity contribution in [1.29, 1.82) is 0 Å². The number of aliphatic hydroxyl groups is 1. The lowest BCUT2D eigenvalue weighted by Crippen LogP contribution is -2.30. The molecule has 5 atom stereocenters. The fourth-order valence-electron chi connectivity index (χ4n) is 8.47. The van der Waals surface area contributed by atoms with Crippen LogP contribution in [0, 0.1) is 11.8 Å². The fourth-order valence-corrected chi connectivity index (χ4v) is 10.0. The van der Waals surface area contributed by atoms with Gasteiger partial charge < -0.3 is 33.8 Å². The van der Waals surface area contributed by atoms with Crippen molar-refractivity contribution in [1.82, 2.24) is 0 Å². The van der Waals surface area contributed by atoms with E-state index in [-0.39, 0.29) is 25.7 Å². The molecule has 0 rings (SSSR count). The summed E-state index contributed by atoms with van der Waals surface area (Å²) in [5, 5.41) is 10.5. The quantitative estimate of drug-likeness (QED) is 0.0222. The number of rotatable bonds is 57. The van der Waals surface area contributed by atoms with E-state index in [1.54, 1.807) is 0 Å². The standard InChI is InChI=1S/C58H112O17P2/c1-7-9-11-13-15-17-23-30-36-42-57(62)74-53(46-68-55(60)40-34-28-22-16-14-12-10-8-2)48-72-76(64,65)70-44-52(59)45-71-77(66,67)73-49-54(75-58(63)43-37-31-25-19-21-27-33-39-51(5)6)47-69-56(61)41-35-29-24-18-20-26-32-38-50(3)4/h50-54,59H,7-49H2,1-6H3,(H,64,65)(H,66,67)/t52-,53+,54+/m0/s1. The third kappa shape index (κ3) is 53.2. The number of hydrogen-bond donors (Lipinski definition) is 3. The number of hydrogen-bond acceptors (Lipinski definition) is 15. The van der Waals surface area contributed by atoms with E-state index >= 15 is 0 Å². The summed E-state index contributed by atoms with van der Waals surface area (Å²) >= 11 is 0. The Bertz CT molecular complexity index is 1530. The smallest absolute Gasteiger partial charge is 0.462 e. The molecule has 17 nitrogen and oxygen atoms in total. The van der Waals surface area contributed by atoms with Crippen LogP contribution in [0.5, 0.6) is 0 Å². The van der Waals surface area contributed by atoms with E-state index in [0.717, 1.165) is 103 Å². The first kappa shape index (κ1) is 75.1. The summed E-state index contributed by atoms with van der Waals surface area (Å²) in [6.45, 7) is 9.28. The van der Waals surface area contributed by atoms with Crippen LogP contribution in [0.4, 0.5) is 0 Å². The van der Waals surface area contributed by atoms with Crippen molar-refractivity contribution in [2.45, 2.75) is 297 Å². The minimum atomic E-state index is -4.94. The third-order valence-electron chi connectivity index (χ3n) is 13.2. The second-order valence-corrected chi connectivity index (χ2v) is 24.9. The average Bonchev–Trinajstić information content (AvgIpc) is 3.38. The number of aliphatic hydroxyl groups excluding tert-OH is 1. The highest BCUT2D eigenvalue weighted by Gasteiger charge is 2.30. The molecule has 0 amide bonds. The first-order chi connectivity index (χ1) is 36.9. The molecule has 0 saturated heterocycles. The molecule has 2 unspecified atom stereocenters. The molecule has 77 heavy (non-hydrogen) atoms. The van der Waals surface area contributed by atoms with Crippen molar-refractivity contribution in [3.8, 4) is 0 Å². The second-order valence-electron chi connectivity index (χ2n) is 22.0. The maximum Gasteiger partial charge on any atom is 0.472 e. The predicted molar refractivity (Wildman–Crippen MR) is 303 cm³/mol. The molecular weight excluding hydrogens is 1030 g/mol. The van der Waals surface area contributed by atoms with Gasteiger partial charge in [0.25, 0.3) is 0 Å². The Morgan fingerprint density at radius 2 is 0.597 bits per heavy atom. The van der Waals surface area contributed by atoms with Crippen molar-refractivity contribution in [3.63, 3.8) is 0 Å². The van der Waals surface area contributed by atoms with Crippen LogP contribution in [0.25, 0.3) is 0 Å². The molecule has 0 heterocycles. The topological polar surface area (TPSA) is 237 Å². The van der Waals surface area contributed by atoms with Gasteiger partial charge in [0.2, 0.25) is 0 Å². The first-order valence-electron chi connectivity index (χ1n) is 30.5. The predicted octanol–water partition coefficient (Wildman–Crippen LogP) is 15.3. The van der Waals surface area contributed by atoms with E-state index in [4.69, 9.17) is 37.0 Å².